The number of amides is 1. The average Bonchev–Trinajstić information content (AvgIpc) is 2.08. The first kappa shape index (κ1) is 10.4. The molecule has 0 aromatic rings. The van der Waals surface area contributed by atoms with Gasteiger partial charge in [0, 0.05) is 26.3 Å². The molecule has 1 fully saturated rings. The Morgan fingerprint density at radius 3 is 2.46 bits per heavy atom. The summed E-state index contributed by atoms with van der Waals surface area (Å²) in [6.07, 6.45) is 1.22. The normalized spacial score (nSPS) is 22.7. The van der Waals surface area contributed by atoms with Crippen LogP contribution in [-0.4, -0.2) is 18.9 Å². The zero-order valence-corrected chi connectivity index (χ0v) is 7.78. The molecule has 0 saturated heterocycles. The van der Waals surface area contributed by atoms with Crippen molar-refractivity contribution in [3.8, 4) is 0 Å². The minimum atomic E-state index is -2.49. The number of hydrogen-bond donors (Lipinski definition) is 1. The zero-order chi connectivity index (χ0) is 9.90. The van der Waals surface area contributed by atoms with Gasteiger partial charge in [-0.05, 0) is 18.8 Å². The highest BCUT2D eigenvalue weighted by Gasteiger charge is 2.35. The minimum Gasteiger partial charge on any atom is -0.359 e. The summed E-state index contributed by atoms with van der Waals surface area (Å²) in [6.45, 7) is 0. The third-order valence-corrected chi connectivity index (χ3v) is 2.59. The Hall–Kier alpha value is -0.670. The van der Waals surface area contributed by atoms with Crippen molar-refractivity contribution in [2.75, 3.05) is 7.05 Å². The van der Waals surface area contributed by atoms with E-state index in [-0.39, 0.29) is 24.7 Å². The monoisotopic (exact) mass is 191 g/mol. The molecular formula is C9H15F2NO. The van der Waals surface area contributed by atoms with E-state index in [4.69, 9.17) is 0 Å². The van der Waals surface area contributed by atoms with Crippen LogP contribution in [0.5, 0.6) is 0 Å². The number of nitrogens with one attached hydrogen (secondary N) is 1. The van der Waals surface area contributed by atoms with Crippen LogP contribution in [0.2, 0.25) is 0 Å². The second-order valence-electron chi connectivity index (χ2n) is 3.68. The zero-order valence-electron chi connectivity index (χ0n) is 7.78. The molecule has 1 amide bonds. The van der Waals surface area contributed by atoms with Crippen molar-refractivity contribution in [1.82, 2.24) is 5.32 Å². The molecule has 0 unspecified atom stereocenters. The molecule has 1 aliphatic rings. The first-order valence-corrected chi connectivity index (χ1v) is 4.62. The van der Waals surface area contributed by atoms with E-state index in [0.717, 1.165) is 0 Å². The lowest BCUT2D eigenvalue weighted by molar-refractivity contribution is -0.122. The van der Waals surface area contributed by atoms with Crippen LogP contribution < -0.4 is 5.32 Å². The summed E-state index contributed by atoms with van der Waals surface area (Å²) in [5, 5.41) is 2.51. The fraction of sp³-hybridized carbons (Fsp3) is 0.889. The molecule has 1 saturated carbocycles. The van der Waals surface area contributed by atoms with Crippen molar-refractivity contribution in [3.63, 3.8) is 0 Å². The van der Waals surface area contributed by atoms with Gasteiger partial charge in [0.25, 0.3) is 0 Å². The highest BCUT2D eigenvalue weighted by molar-refractivity contribution is 5.75. The van der Waals surface area contributed by atoms with Crippen molar-refractivity contribution >= 4 is 5.91 Å². The Kier molecular flexibility index (Phi) is 3.22. The highest BCUT2D eigenvalue weighted by Crippen LogP contribution is 2.37. The molecule has 0 atom stereocenters. The van der Waals surface area contributed by atoms with Crippen molar-refractivity contribution in [2.45, 2.75) is 38.0 Å². The molecule has 76 valence electrons. The molecule has 0 bridgehead atoms. The second kappa shape index (κ2) is 4.03. The van der Waals surface area contributed by atoms with Crippen LogP contribution in [-0.2, 0) is 4.79 Å². The molecule has 0 aliphatic heterocycles. The highest BCUT2D eigenvalue weighted by atomic mass is 19.3. The maximum Gasteiger partial charge on any atom is 0.248 e. The van der Waals surface area contributed by atoms with Crippen molar-refractivity contribution in [3.05, 3.63) is 0 Å². The number of alkyl halides is 2. The molecule has 1 rings (SSSR count). The molecule has 0 aromatic heterocycles. The second-order valence-corrected chi connectivity index (χ2v) is 3.68. The van der Waals surface area contributed by atoms with Crippen LogP contribution in [0.1, 0.15) is 32.1 Å². The predicted molar refractivity (Wildman–Crippen MR) is 45.6 cm³/mol. The van der Waals surface area contributed by atoms with E-state index in [2.05, 4.69) is 5.32 Å². The summed E-state index contributed by atoms with van der Waals surface area (Å²) in [5.41, 5.74) is 0. The maximum absolute atomic E-state index is 12.7. The van der Waals surface area contributed by atoms with E-state index in [9.17, 15) is 13.6 Å². The molecule has 0 spiro atoms. The molecule has 4 heteroatoms. The van der Waals surface area contributed by atoms with Gasteiger partial charge in [-0.25, -0.2) is 8.78 Å². The van der Waals surface area contributed by atoms with Crippen LogP contribution in [0.3, 0.4) is 0 Å². The summed E-state index contributed by atoms with van der Waals surface area (Å²) < 4.78 is 25.4. The molecule has 0 radical (unpaired) electrons. The van der Waals surface area contributed by atoms with Gasteiger partial charge in [-0.15, -0.1) is 0 Å². The summed E-state index contributed by atoms with van der Waals surface area (Å²) in [4.78, 5) is 10.9. The smallest absolute Gasteiger partial charge is 0.248 e. The lowest BCUT2D eigenvalue weighted by Gasteiger charge is -2.27. The van der Waals surface area contributed by atoms with Gasteiger partial charge in [0.2, 0.25) is 11.8 Å². The SMILES string of the molecule is CNC(=O)CC1CCC(F)(F)CC1. The van der Waals surface area contributed by atoms with Gasteiger partial charge >= 0.3 is 0 Å². The number of rotatable bonds is 2. The van der Waals surface area contributed by atoms with Crippen LogP contribution in [0, 0.1) is 5.92 Å². The Bertz CT molecular complexity index is 184. The first-order valence-electron chi connectivity index (χ1n) is 4.62. The quantitative estimate of drug-likeness (QED) is 0.710. The molecular weight excluding hydrogens is 176 g/mol. The van der Waals surface area contributed by atoms with Crippen LogP contribution >= 0.6 is 0 Å². The van der Waals surface area contributed by atoms with E-state index in [1.807, 2.05) is 0 Å². The first-order chi connectivity index (χ1) is 6.03. The van der Waals surface area contributed by atoms with E-state index >= 15 is 0 Å². The van der Waals surface area contributed by atoms with Gasteiger partial charge in [-0.2, -0.15) is 0 Å². The van der Waals surface area contributed by atoms with Crippen LogP contribution in [0.4, 0.5) is 8.78 Å². The Balaban J connectivity index is 2.29. The number of carbonyl (C=O) groups is 1. The lowest BCUT2D eigenvalue weighted by Crippen LogP contribution is -2.28. The fourth-order valence-corrected chi connectivity index (χ4v) is 1.67. The molecule has 13 heavy (non-hydrogen) atoms. The number of halogens is 2. The standard InChI is InChI=1S/C9H15F2NO/c1-12-8(13)6-7-2-4-9(10,11)5-3-7/h7H,2-6H2,1H3,(H,12,13). The summed E-state index contributed by atoms with van der Waals surface area (Å²) >= 11 is 0. The Morgan fingerprint density at radius 2 is 2.00 bits per heavy atom. The largest absolute Gasteiger partial charge is 0.359 e. The summed E-state index contributed by atoms with van der Waals surface area (Å²) in [5.74, 6) is -2.38. The molecule has 1 aliphatic carbocycles. The van der Waals surface area contributed by atoms with Gasteiger partial charge in [-0.3, -0.25) is 4.79 Å². The van der Waals surface area contributed by atoms with Crippen molar-refractivity contribution < 1.29 is 13.6 Å². The Morgan fingerprint density at radius 1 is 1.46 bits per heavy atom. The van der Waals surface area contributed by atoms with Crippen molar-refractivity contribution in [1.29, 1.82) is 0 Å². The van der Waals surface area contributed by atoms with Gasteiger partial charge < -0.3 is 5.32 Å². The topological polar surface area (TPSA) is 29.1 Å². The summed E-state index contributed by atoms with van der Waals surface area (Å²) in [7, 11) is 1.57. The van der Waals surface area contributed by atoms with Crippen LogP contribution in [0.15, 0.2) is 0 Å². The maximum atomic E-state index is 12.7. The van der Waals surface area contributed by atoms with Gasteiger partial charge in [0.05, 0.1) is 0 Å². The van der Waals surface area contributed by atoms with Gasteiger partial charge in [-0.1, -0.05) is 0 Å². The van der Waals surface area contributed by atoms with Gasteiger partial charge in [0.1, 0.15) is 0 Å². The molecule has 2 nitrogen and oxygen atoms in total. The lowest BCUT2D eigenvalue weighted by atomic mass is 9.84. The number of carbonyl (C=O) groups excluding carboxylic acids is 1. The van der Waals surface area contributed by atoms with Crippen LogP contribution in [0.25, 0.3) is 0 Å². The molecule has 0 aromatic carbocycles. The van der Waals surface area contributed by atoms with Crippen molar-refractivity contribution in [2.24, 2.45) is 5.92 Å². The third-order valence-electron chi connectivity index (χ3n) is 2.59. The third kappa shape index (κ3) is 3.28. The minimum absolute atomic E-state index is 0.0461. The Labute approximate surface area is 76.7 Å². The molecule has 1 N–H and O–H groups in total. The predicted octanol–water partition coefficient (Wildman–Crippen LogP) is 1.95. The molecule has 0 heterocycles. The fourth-order valence-electron chi connectivity index (χ4n) is 1.67. The average molecular weight is 191 g/mol. The van der Waals surface area contributed by atoms with E-state index in [1.54, 1.807) is 7.05 Å². The number of hydrogen-bond acceptors (Lipinski definition) is 1. The van der Waals surface area contributed by atoms with E-state index < -0.39 is 5.92 Å². The summed E-state index contributed by atoms with van der Waals surface area (Å²) in [6, 6.07) is 0. The van der Waals surface area contributed by atoms with Gasteiger partial charge in [0.15, 0.2) is 0 Å². The van der Waals surface area contributed by atoms with E-state index in [1.165, 1.54) is 0 Å². The van der Waals surface area contributed by atoms with E-state index in [0.29, 0.717) is 19.3 Å².